The molecule has 2 aromatic rings. The fourth-order valence-corrected chi connectivity index (χ4v) is 4.84. The summed E-state index contributed by atoms with van der Waals surface area (Å²) in [6.07, 6.45) is -2.84. The zero-order valence-corrected chi connectivity index (χ0v) is 18.1. The summed E-state index contributed by atoms with van der Waals surface area (Å²) < 4.78 is 42.3. The van der Waals surface area contributed by atoms with Gasteiger partial charge < -0.3 is 10.2 Å². The lowest BCUT2D eigenvalue weighted by molar-refractivity contribution is -0.175. The van der Waals surface area contributed by atoms with Gasteiger partial charge in [0.25, 0.3) is 0 Å². The van der Waals surface area contributed by atoms with Gasteiger partial charge in [0, 0.05) is 25.2 Å². The monoisotopic (exact) mass is 434 g/mol. The van der Waals surface area contributed by atoms with Crippen LogP contribution in [-0.4, -0.2) is 45.9 Å². The number of aryl methyl sites for hydroxylation is 2. The van der Waals surface area contributed by atoms with E-state index < -0.39 is 12.2 Å². The van der Waals surface area contributed by atoms with E-state index in [0.717, 1.165) is 28.7 Å². The highest BCUT2D eigenvalue weighted by molar-refractivity contribution is 5.83. The lowest BCUT2D eigenvalue weighted by Crippen LogP contribution is -2.49. The highest BCUT2D eigenvalue weighted by Crippen LogP contribution is 2.42. The molecule has 1 aromatic carbocycles. The third-order valence-electron chi connectivity index (χ3n) is 6.63. The maximum atomic E-state index is 13.7. The molecule has 2 aliphatic heterocycles. The SMILES string of the molecule is Cc1ccc(C(C)C(=O)N2CCCC([C@@H]3C[C@H](C(F)(F)F)n4nc(C)cc4N3)C2)cc1. The molecule has 8 heteroatoms. The minimum Gasteiger partial charge on any atom is -0.367 e. The van der Waals surface area contributed by atoms with E-state index in [4.69, 9.17) is 0 Å². The van der Waals surface area contributed by atoms with E-state index in [0.29, 0.717) is 24.6 Å². The first-order valence-electron chi connectivity index (χ1n) is 10.9. The van der Waals surface area contributed by atoms with Crippen molar-refractivity contribution in [3.05, 3.63) is 47.2 Å². The number of carbonyl (C=O) groups excluding carboxylic acids is 1. The number of fused-ring (bicyclic) bond motifs is 1. The molecule has 1 saturated heterocycles. The van der Waals surface area contributed by atoms with Gasteiger partial charge in [-0.2, -0.15) is 18.3 Å². The number of likely N-dealkylation sites (tertiary alicyclic amines) is 1. The van der Waals surface area contributed by atoms with E-state index in [1.54, 1.807) is 13.0 Å². The van der Waals surface area contributed by atoms with Gasteiger partial charge in [-0.05, 0) is 51.5 Å². The highest BCUT2D eigenvalue weighted by Gasteiger charge is 2.48. The molecule has 2 unspecified atom stereocenters. The van der Waals surface area contributed by atoms with Crippen LogP contribution in [0.4, 0.5) is 19.0 Å². The summed E-state index contributed by atoms with van der Waals surface area (Å²) in [5.74, 6) is 0.146. The predicted octanol–water partition coefficient (Wildman–Crippen LogP) is 4.83. The molecule has 1 aromatic heterocycles. The smallest absolute Gasteiger partial charge is 0.367 e. The number of benzene rings is 1. The van der Waals surface area contributed by atoms with Crippen LogP contribution in [0.2, 0.25) is 0 Å². The van der Waals surface area contributed by atoms with Crippen molar-refractivity contribution in [2.75, 3.05) is 18.4 Å². The Hall–Kier alpha value is -2.51. The average Bonchev–Trinajstić information content (AvgIpc) is 3.11. The molecule has 31 heavy (non-hydrogen) atoms. The van der Waals surface area contributed by atoms with Crippen molar-refractivity contribution in [3.8, 4) is 0 Å². The second kappa shape index (κ2) is 8.20. The molecule has 168 valence electrons. The summed E-state index contributed by atoms with van der Waals surface area (Å²) in [6, 6.07) is 7.61. The van der Waals surface area contributed by atoms with Gasteiger partial charge in [-0.15, -0.1) is 0 Å². The highest BCUT2D eigenvalue weighted by atomic mass is 19.4. The number of alkyl halides is 3. The molecule has 2 aliphatic rings. The van der Waals surface area contributed by atoms with Gasteiger partial charge in [0.2, 0.25) is 5.91 Å². The Morgan fingerprint density at radius 1 is 1.23 bits per heavy atom. The van der Waals surface area contributed by atoms with Gasteiger partial charge in [0.1, 0.15) is 5.82 Å². The number of nitrogens with one attached hydrogen (secondary N) is 1. The number of amides is 1. The van der Waals surface area contributed by atoms with Crippen LogP contribution in [-0.2, 0) is 4.79 Å². The molecule has 0 radical (unpaired) electrons. The van der Waals surface area contributed by atoms with Crippen LogP contribution < -0.4 is 5.32 Å². The molecule has 4 atom stereocenters. The van der Waals surface area contributed by atoms with E-state index >= 15 is 0 Å². The maximum Gasteiger partial charge on any atom is 0.410 e. The Morgan fingerprint density at radius 3 is 2.61 bits per heavy atom. The number of halogens is 3. The molecule has 0 aliphatic carbocycles. The van der Waals surface area contributed by atoms with E-state index in [-0.39, 0.29) is 30.2 Å². The van der Waals surface area contributed by atoms with Crippen LogP contribution in [0.25, 0.3) is 0 Å². The Morgan fingerprint density at radius 2 is 1.94 bits per heavy atom. The van der Waals surface area contributed by atoms with Crippen molar-refractivity contribution in [2.24, 2.45) is 5.92 Å². The number of rotatable bonds is 3. The summed E-state index contributed by atoms with van der Waals surface area (Å²) >= 11 is 0. The minimum absolute atomic E-state index is 0.0308. The van der Waals surface area contributed by atoms with E-state index in [1.165, 1.54) is 0 Å². The Bertz CT molecular complexity index is 937. The van der Waals surface area contributed by atoms with Crippen molar-refractivity contribution in [1.29, 1.82) is 0 Å². The van der Waals surface area contributed by atoms with Gasteiger partial charge in [0.05, 0.1) is 11.6 Å². The van der Waals surface area contributed by atoms with Gasteiger partial charge in [-0.1, -0.05) is 29.8 Å². The fraction of sp³-hybridized carbons (Fsp3) is 0.565. The Kier molecular flexibility index (Phi) is 5.75. The molecule has 1 N–H and O–H groups in total. The third kappa shape index (κ3) is 4.43. The van der Waals surface area contributed by atoms with Crippen LogP contribution in [0.1, 0.15) is 55.0 Å². The van der Waals surface area contributed by atoms with Crippen LogP contribution >= 0.6 is 0 Å². The summed E-state index contributed by atoms with van der Waals surface area (Å²) in [4.78, 5) is 15.0. The number of carbonyl (C=O) groups is 1. The molecule has 1 amide bonds. The molecule has 3 heterocycles. The van der Waals surface area contributed by atoms with Gasteiger partial charge in [-0.25, -0.2) is 4.68 Å². The van der Waals surface area contributed by atoms with Crippen LogP contribution in [0, 0.1) is 19.8 Å². The maximum absolute atomic E-state index is 13.7. The second-order valence-corrected chi connectivity index (χ2v) is 8.98. The quantitative estimate of drug-likeness (QED) is 0.753. The molecular formula is C23H29F3N4O. The van der Waals surface area contributed by atoms with Gasteiger partial charge in [-0.3, -0.25) is 4.79 Å². The Labute approximate surface area is 180 Å². The van der Waals surface area contributed by atoms with Crippen molar-refractivity contribution >= 4 is 11.7 Å². The molecule has 5 nitrogen and oxygen atoms in total. The van der Waals surface area contributed by atoms with E-state index in [1.807, 2.05) is 43.0 Å². The van der Waals surface area contributed by atoms with E-state index in [9.17, 15) is 18.0 Å². The average molecular weight is 435 g/mol. The normalized spacial score (nSPS) is 25.0. The first-order valence-corrected chi connectivity index (χ1v) is 10.9. The number of anilines is 1. The van der Waals surface area contributed by atoms with Crippen LogP contribution in [0.5, 0.6) is 0 Å². The largest absolute Gasteiger partial charge is 0.410 e. The first kappa shape index (κ1) is 21.7. The summed E-state index contributed by atoms with van der Waals surface area (Å²) in [6.45, 7) is 6.73. The number of hydrogen-bond donors (Lipinski definition) is 1. The number of nitrogens with zero attached hydrogens (tertiary/aromatic N) is 3. The van der Waals surface area contributed by atoms with Crippen molar-refractivity contribution in [1.82, 2.24) is 14.7 Å². The number of hydrogen-bond acceptors (Lipinski definition) is 3. The van der Waals surface area contributed by atoms with Gasteiger partial charge >= 0.3 is 6.18 Å². The number of piperidine rings is 1. The van der Waals surface area contributed by atoms with E-state index in [2.05, 4.69) is 10.4 Å². The molecule has 1 fully saturated rings. The third-order valence-corrected chi connectivity index (χ3v) is 6.63. The minimum atomic E-state index is -4.36. The summed E-state index contributed by atoms with van der Waals surface area (Å²) in [5, 5.41) is 7.33. The van der Waals surface area contributed by atoms with Crippen molar-refractivity contribution in [2.45, 2.75) is 64.2 Å². The number of aromatic nitrogens is 2. The second-order valence-electron chi connectivity index (χ2n) is 8.98. The van der Waals surface area contributed by atoms with Gasteiger partial charge in [0.15, 0.2) is 6.04 Å². The molecule has 0 bridgehead atoms. The first-order chi connectivity index (χ1) is 14.6. The molecule has 0 saturated carbocycles. The fourth-order valence-electron chi connectivity index (χ4n) is 4.84. The zero-order chi connectivity index (χ0) is 22.3. The predicted molar refractivity (Wildman–Crippen MR) is 113 cm³/mol. The molecule has 4 rings (SSSR count). The standard InChI is InChI=1S/C23H29F3N4O/c1-14-6-8-17(9-7-14)16(3)22(31)29-10-4-5-18(13-29)19-12-20(23(24,25)26)30-21(27-19)11-15(2)28-30/h6-9,11,16,18-20,27H,4-5,10,12-13H2,1-3H3/t16?,18?,19-,20+/m0/s1. The topological polar surface area (TPSA) is 50.2 Å². The van der Waals surface area contributed by atoms with Crippen LogP contribution in [0.3, 0.4) is 0 Å². The zero-order valence-electron chi connectivity index (χ0n) is 18.1. The summed E-state index contributed by atoms with van der Waals surface area (Å²) in [5.41, 5.74) is 2.66. The summed E-state index contributed by atoms with van der Waals surface area (Å²) in [7, 11) is 0. The molecule has 0 spiro atoms. The lowest BCUT2D eigenvalue weighted by atomic mass is 9.85. The van der Waals surface area contributed by atoms with Crippen LogP contribution in [0.15, 0.2) is 30.3 Å². The van der Waals surface area contributed by atoms with Crippen molar-refractivity contribution < 1.29 is 18.0 Å². The lowest BCUT2D eigenvalue weighted by Gasteiger charge is -2.42. The Balaban J connectivity index is 1.49. The molecular weight excluding hydrogens is 405 g/mol. The van der Waals surface area contributed by atoms with Crippen molar-refractivity contribution in [3.63, 3.8) is 0 Å².